The smallest absolute Gasteiger partial charge is 0.410 e. The molecular formula is C16H21NO4. The van der Waals surface area contributed by atoms with Crippen LogP contribution in [-0.2, 0) is 20.8 Å². The van der Waals surface area contributed by atoms with Crippen molar-refractivity contribution in [3.8, 4) is 0 Å². The van der Waals surface area contributed by atoms with Gasteiger partial charge in [-0.1, -0.05) is 30.3 Å². The van der Waals surface area contributed by atoms with E-state index in [0.717, 1.165) is 5.56 Å². The summed E-state index contributed by atoms with van der Waals surface area (Å²) in [6.07, 6.45) is -0.464. The average Bonchev–Trinajstić information content (AvgIpc) is 2.91. The molecule has 0 aliphatic carbocycles. The third kappa shape index (κ3) is 2.89. The van der Waals surface area contributed by atoms with E-state index in [4.69, 9.17) is 14.2 Å². The van der Waals surface area contributed by atoms with Crippen LogP contribution in [0.25, 0.3) is 0 Å². The second kappa shape index (κ2) is 5.31. The molecule has 5 heteroatoms. The lowest BCUT2D eigenvalue weighted by Gasteiger charge is -2.26. The number of hydrogen-bond acceptors (Lipinski definition) is 4. The van der Waals surface area contributed by atoms with E-state index in [1.54, 1.807) is 4.90 Å². The lowest BCUT2D eigenvalue weighted by Crippen LogP contribution is -2.40. The molecule has 2 aliphatic heterocycles. The zero-order valence-electron chi connectivity index (χ0n) is 12.6. The SMILES string of the molecule is C[C@H]1[C@@H]2OC(C)(C)O[C@@H]2CN1C(=O)OCc1ccccc1. The van der Waals surface area contributed by atoms with Crippen LogP contribution in [0.1, 0.15) is 26.3 Å². The molecule has 0 radical (unpaired) electrons. The Morgan fingerprint density at radius 1 is 1.33 bits per heavy atom. The van der Waals surface area contributed by atoms with E-state index in [0.29, 0.717) is 6.54 Å². The van der Waals surface area contributed by atoms with Gasteiger partial charge in [-0.15, -0.1) is 0 Å². The molecule has 2 saturated heterocycles. The predicted molar refractivity (Wildman–Crippen MR) is 76.6 cm³/mol. The summed E-state index contributed by atoms with van der Waals surface area (Å²) >= 11 is 0. The summed E-state index contributed by atoms with van der Waals surface area (Å²) in [7, 11) is 0. The maximum Gasteiger partial charge on any atom is 0.410 e. The topological polar surface area (TPSA) is 48.0 Å². The number of carbonyl (C=O) groups excluding carboxylic acids is 1. The molecule has 2 fully saturated rings. The Balaban J connectivity index is 1.57. The molecule has 5 nitrogen and oxygen atoms in total. The Bertz CT molecular complexity index is 516. The summed E-state index contributed by atoms with van der Waals surface area (Å²) in [5.41, 5.74) is 0.978. The van der Waals surface area contributed by atoms with Crippen LogP contribution in [0.4, 0.5) is 4.79 Å². The van der Waals surface area contributed by atoms with Crippen LogP contribution >= 0.6 is 0 Å². The van der Waals surface area contributed by atoms with Crippen molar-refractivity contribution >= 4 is 6.09 Å². The molecule has 2 aliphatic rings. The lowest BCUT2D eigenvalue weighted by atomic mass is 10.2. The highest BCUT2D eigenvalue weighted by atomic mass is 16.8. The summed E-state index contributed by atoms with van der Waals surface area (Å²) < 4.78 is 17.0. The van der Waals surface area contributed by atoms with Gasteiger partial charge in [-0.3, -0.25) is 0 Å². The fourth-order valence-corrected chi connectivity index (χ4v) is 2.99. The summed E-state index contributed by atoms with van der Waals surface area (Å²) in [4.78, 5) is 13.9. The molecule has 114 valence electrons. The van der Waals surface area contributed by atoms with Gasteiger partial charge in [0.15, 0.2) is 5.79 Å². The molecule has 0 spiro atoms. The fourth-order valence-electron chi connectivity index (χ4n) is 2.99. The first kappa shape index (κ1) is 14.4. The van der Waals surface area contributed by atoms with Crippen LogP contribution in [-0.4, -0.2) is 41.6 Å². The van der Waals surface area contributed by atoms with Gasteiger partial charge in [-0.05, 0) is 26.3 Å². The largest absolute Gasteiger partial charge is 0.445 e. The number of amides is 1. The standard InChI is InChI=1S/C16H21NO4/c1-11-14-13(20-16(2,3)21-14)9-17(11)15(18)19-10-12-7-5-4-6-8-12/h4-8,11,13-14H,9-10H2,1-3H3/t11-,13+,14-/m0/s1. The second-order valence-electron chi connectivity index (χ2n) is 6.07. The van der Waals surface area contributed by atoms with E-state index in [1.807, 2.05) is 51.1 Å². The zero-order valence-corrected chi connectivity index (χ0v) is 12.6. The minimum absolute atomic E-state index is 0.0416. The third-order valence-corrected chi connectivity index (χ3v) is 4.00. The van der Waals surface area contributed by atoms with E-state index in [9.17, 15) is 4.79 Å². The number of benzene rings is 1. The zero-order chi connectivity index (χ0) is 15.0. The molecule has 0 N–H and O–H groups in total. The molecule has 21 heavy (non-hydrogen) atoms. The Kier molecular flexibility index (Phi) is 3.63. The van der Waals surface area contributed by atoms with Crippen LogP contribution in [0.5, 0.6) is 0 Å². The highest BCUT2D eigenvalue weighted by Crippen LogP contribution is 2.36. The van der Waals surface area contributed by atoms with Gasteiger partial charge in [-0.2, -0.15) is 0 Å². The van der Waals surface area contributed by atoms with E-state index in [2.05, 4.69) is 0 Å². The van der Waals surface area contributed by atoms with Gasteiger partial charge in [0.1, 0.15) is 18.8 Å². The number of likely N-dealkylation sites (tertiary alicyclic amines) is 1. The van der Waals surface area contributed by atoms with E-state index in [1.165, 1.54) is 0 Å². The number of ether oxygens (including phenoxy) is 3. The first-order valence-electron chi connectivity index (χ1n) is 7.29. The van der Waals surface area contributed by atoms with Crippen molar-refractivity contribution in [2.45, 2.75) is 51.4 Å². The van der Waals surface area contributed by atoms with Crippen LogP contribution in [0, 0.1) is 0 Å². The average molecular weight is 291 g/mol. The quantitative estimate of drug-likeness (QED) is 0.840. The summed E-state index contributed by atoms with van der Waals surface area (Å²) in [6, 6.07) is 9.62. The Labute approximate surface area is 124 Å². The number of fused-ring (bicyclic) bond motifs is 1. The van der Waals surface area contributed by atoms with Crippen molar-refractivity contribution in [2.75, 3.05) is 6.54 Å². The third-order valence-electron chi connectivity index (χ3n) is 4.00. The first-order chi connectivity index (χ1) is 9.96. The van der Waals surface area contributed by atoms with Crippen molar-refractivity contribution < 1.29 is 19.0 Å². The maximum atomic E-state index is 12.2. The van der Waals surface area contributed by atoms with Crippen molar-refractivity contribution in [3.05, 3.63) is 35.9 Å². The van der Waals surface area contributed by atoms with Crippen LogP contribution in [0.2, 0.25) is 0 Å². The Morgan fingerprint density at radius 2 is 2.05 bits per heavy atom. The molecule has 1 aromatic rings. The highest BCUT2D eigenvalue weighted by molar-refractivity contribution is 5.68. The molecule has 3 atom stereocenters. The molecule has 0 aromatic heterocycles. The van der Waals surface area contributed by atoms with E-state index >= 15 is 0 Å². The van der Waals surface area contributed by atoms with Gasteiger partial charge in [0.25, 0.3) is 0 Å². The molecular weight excluding hydrogens is 270 g/mol. The maximum absolute atomic E-state index is 12.2. The number of carbonyl (C=O) groups is 1. The normalized spacial score (nSPS) is 30.2. The summed E-state index contributed by atoms with van der Waals surface area (Å²) in [5.74, 6) is -0.566. The molecule has 1 aromatic carbocycles. The van der Waals surface area contributed by atoms with E-state index < -0.39 is 5.79 Å². The number of rotatable bonds is 2. The number of nitrogens with zero attached hydrogens (tertiary/aromatic N) is 1. The van der Waals surface area contributed by atoms with Crippen LogP contribution in [0.15, 0.2) is 30.3 Å². The minimum Gasteiger partial charge on any atom is -0.445 e. The highest BCUT2D eigenvalue weighted by Gasteiger charge is 2.52. The molecule has 0 saturated carbocycles. The predicted octanol–water partition coefficient (Wildman–Crippen LogP) is 2.55. The molecule has 0 bridgehead atoms. The molecule has 2 heterocycles. The molecule has 1 amide bonds. The van der Waals surface area contributed by atoms with Crippen LogP contribution in [0.3, 0.4) is 0 Å². The van der Waals surface area contributed by atoms with Gasteiger partial charge in [-0.25, -0.2) is 4.79 Å². The second-order valence-corrected chi connectivity index (χ2v) is 6.07. The van der Waals surface area contributed by atoms with Crippen molar-refractivity contribution in [1.82, 2.24) is 4.90 Å². The van der Waals surface area contributed by atoms with Gasteiger partial charge >= 0.3 is 6.09 Å². The molecule has 0 unspecified atom stereocenters. The van der Waals surface area contributed by atoms with Crippen LogP contribution < -0.4 is 0 Å². The van der Waals surface area contributed by atoms with Gasteiger partial charge in [0.05, 0.1) is 12.6 Å². The fraction of sp³-hybridized carbons (Fsp3) is 0.562. The number of hydrogen-bond donors (Lipinski definition) is 0. The van der Waals surface area contributed by atoms with E-state index in [-0.39, 0.29) is 30.9 Å². The van der Waals surface area contributed by atoms with Gasteiger partial charge in [0.2, 0.25) is 0 Å². The Hall–Kier alpha value is -1.59. The van der Waals surface area contributed by atoms with Gasteiger partial charge in [0, 0.05) is 0 Å². The van der Waals surface area contributed by atoms with Crippen molar-refractivity contribution in [2.24, 2.45) is 0 Å². The first-order valence-corrected chi connectivity index (χ1v) is 7.29. The monoisotopic (exact) mass is 291 g/mol. The van der Waals surface area contributed by atoms with Crippen molar-refractivity contribution in [3.63, 3.8) is 0 Å². The molecule has 3 rings (SSSR count). The van der Waals surface area contributed by atoms with Crippen molar-refractivity contribution in [1.29, 1.82) is 0 Å². The van der Waals surface area contributed by atoms with Gasteiger partial charge < -0.3 is 19.1 Å². The lowest BCUT2D eigenvalue weighted by molar-refractivity contribution is -0.159. The summed E-state index contributed by atoms with van der Waals surface area (Å²) in [5, 5.41) is 0. The Morgan fingerprint density at radius 3 is 2.71 bits per heavy atom. The summed E-state index contributed by atoms with van der Waals surface area (Å²) in [6.45, 7) is 6.57. The minimum atomic E-state index is -0.566.